The van der Waals surface area contributed by atoms with Crippen LogP contribution in [0.1, 0.15) is 119 Å². The van der Waals surface area contributed by atoms with Crippen LogP contribution in [0.3, 0.4) is 0 Å². The molecule has 2 atom stereocenters. The second-order valence-electron chi connectivity index (χ2n) is 12.8. The van der Waals surface area contributed by atoms with E-state index in [1.165, 1.54) is 0 Å². The Morgan fingerprint density at radius 2 is 1.30 bits per heavy atom. The Bertz CT molecular complexity index is 761. The van der Waals surface area contributed by atoms with Crippen LogP contribution in [-0.4, -0.2) is 38.1 Å². The molecule has 0 radical (unpaired) electrons. The van der Waals surface area contributed by atoms with Crippen molar-refractivity contribution in [2.75, 3.05) is 6.61 Å². The number of unbranched alkanes of at least 4 members (excludes halogenated alkanes) is 1. The molecule has 1 aromatic carbocycles. The second kappa shape index (κ2) is 10.1. The predicted octanol–water partition coefficient (Wildman–Crippen LogP) is 6.52. The molecule has 1 aromatic rings. The minimum atomic E-state index is -5.15. The summed E-state index contributed by atoms with van der Waals surface area (Å²) in [6.45, 7) is 22.4. The van der Waals surface area contributed by atoms with Crippen LogP contribution < -0.4 is 4.52 Å². The van der Waals surface area contributed by atoms with Crippen LogP contribution in [0.25, 0.3) is 0 Å². The van der Waals surface area contributed by atoms with Crippen LogP contribution in [0, 0.1) is 0 Å². The van der Waals surface area contributed by atoms with E-state index in [-0.39, 0.29) is 29.3 Å². The molecule has 0 fully saturated rings. The molecule has 2 unspecified atom stereocenters. The van der Waals surface area contributed by atoms with Crippen LogP contribution in [-0.2, 0) is 16.2 Å². The molecule has 6 heteroatoms. The molecule has 0 aliphatic rings. The summed E-state index contributed by atoms with van der Waals surface area (Å²) in [5.74, 6) is -1.11. The summed E-state index contributed by atoms with van der Waals surface area (Å²) < 4.78 is 6.43. The van der Waals surface area contributed by atoms with Gasteiger partial charge in [0.2, 0.25) is 0 Å². The Hall–Kier alpha value is -0.710. The molecule has 0 saturated carbocycles. The zero-order valence-corrected chi connectivity index (χ0v) is 23.9. The van der Waals surface area contributed by atoms with Crippen molar-refractivity contribution in [2.24, 2.45) is 0 Å². The molecule has 4 N–H and O–H groups in total. The summed E-state index contributed by atoms with van der Waals surface area (Å²) in [5, 5.41) is 20.5. The summed E-state index contributed by atoms with van der Waals surface area (Å²) in [5.41, 5.74) is 1.47. The van der Waals surface area contributed by atoms with Gasteiger partial charge in [-0.05, 0) is 0 Å². The van der Waals surface area contributed by atoms with Crippen molar-refractivity contribution >= 4 is 7.28 Å². The fourth-order valence-corrected chi connectivity index (χ4v) is 6.74. The third kappa shape index (κ3) is 6.92. The van der Waals surface area contributed by atoms with E-state index in [0.29, 0.717) is 12.2 Å². The van der Waals surface area contributed by atoms with Crippen molar-refractivity contribution in [1.29, 1.82) is 0 Å². The minimum absolute atomic E-state index is 0.104. The molecular formula is C27H51O5P. The molecule has 0 amide bonds. The molecule has 194 valence electrons. The van der Waals surface area contributed by atoms with Crippen molar-refractivity contribution in [3.8, 4) is 5.75 Å². The first-order chi connectivity index (χ1) is 14.7. The molecule has 0 heterocycles. The van der Waals surface area contributed by atoms with Gasteiger partial charge in [0.05, 0.1) is 0 Å². The molecule has 0 bridgehead atoms. The Morgan fingerprint density at radius 3 is 1.64 bits per heavy atom. The maximum atomic E-state index is 11.9. The Labute approximate surface area is 202 Å². The Morgan fingerprint density at radius 1 is 0.848 bits per heavy atom. The molecule has 0 aromatic heterocycles. The molecule has 1 rings (SSSR count). The fraction of sp³-hybridized carbons (Fsp3) is 0.778. The number of benzene rings is 1. The van der Waals surface area contributed by atoms with Crippen LogP contribution in [0.4, 0.5) is 0 Å². The van der Waals surface area contributed by atoms with Crippen molar-refractivity contribution in [3.05, 3.63) is 28.8 Å². The van der Waals surface area contributed by atoms with Crippen LogP contribution in [0.5, 0.6) is 5.75 Å². The molecule has 0 saturated heterocycles. The van der Waals surface area contributed by atoms with Crippen molar-refractivity contribution in [1.82, 2.24) is 0 Å². The van der Waals surface area contributed by atoms with Crippen molar-refractivity contribution in [3.63, 3.8) is 0 Å². The predicted molar refractivity (Wildman–Crippen MR) is 141 cm³/mol. The van der Waals surface area contributed by atoms with E-state index in [1.54, 1.807) is 6.92 Å². The van der Waals surface area contributed by atoms with Crippen molar-refractivity contribution in [2.45, 2.75) is 130 Å². The number of hydrogen-bond acceptors (Lipinski definition) is 5. The maximum absolute atomic E-state index is 11.9. The van der Waals surface area contributed by atoms with Gasteiger partial charge in [0, 0.05) is 0 Å². The molecule has 0 aliphatic heterocycles. The number of aliphatic hydroxyl groups is 2. The summed E-state index contributed by atoms with van der Waals surface area (Å²) in [6.07, 6.45) is 2.04. The summed E-state index contributed by atoms with van der Waals surface area (Å²) in [4.78, 5) is 23.9. The third-order valence-corrected chi connectivity index (χ3v) is 10.5. The Kier molecular flexibility index (Phi) is 9.29. The van der Waals surface area contributed by atoms with Gasteiger partial charge in [-0.15, -0.1) is 0 Å². The normalized spacial score (nSPS) is 16.8. The molecule has 5 nitrogen and oxygen atoms in total. The monoisotopic (exact) mass is 486 g/mol. The van der Waals surface area contributed by atoms with Crippen LogP contribution in [0.15, 0.2) is 12.1 Å². The molecule has 0 aliphatic carbocycles. The zero-order chi connectivity index (χ0) is 26.1. The average Bonchev–Trinajstić information content (AvgIpc) is 2.63. The zero-order valence-electron chi connectivity index (χ0n) is 23.0. The van der Waals surface area contributed by atoms with Gasteiger partial charge in [-0.2, -0.15) is 0 Å². The first-order valence-corrected chi connectivity index (χ1v) is 14.6. The molecular weight excluding hydrogens is 435 g/mol. The van der Waals surface area contributed by atoms with E-state index in [2.05, 4.69) is 74.4 Å². The van der Waals surface area contributed by atoms with E-state index in [9.17, 15) is 20.0 Å². The molecule has 0 spiro atoms. The quantitative estimate of drug-likeness (QED) is 0.298. The first-order valence-electron chi connectivity index (χ1n) is 12.4. The van der Waals surface area contributed by atoms with E-state index in [4.69, 9.17) is 4.52 Å². The first kappa shape index (κ1) is 30.3. The molecule has 33 heavy (non-hydrogen) atoms. The summed E-state index contributed by atoms with van der Waals surface area (Å²) in [6, 6.07) is 4.22. The van der Waals surface area contributed by atoms with Gasteiger partial charge in [0.1, 0.15) is 0 Å². The van der Waals surface area contributed by atoms with Gasteiger partial charge in [-0.25, -0.2) is 0 Å². The van der Waals surface area contributed by atoms with E-state index < -0.39 is 18.8 Å². The topological polar surface area (TPSA) is 90.2 Å². The number of aliphatic hydroxyl groups excluding tert-OH is 2. The summed E-state index contributed by atoms with van der Waals surface area (Å²) in [7, 11) is -5.15. The van der Waals surface area contributed by atoms with Gasteiger partial charge in [-0.3, -0.25) is 0 Å². The van der Waals surface area contributed by atoms with Gasteiger partial charge in [0.25, 0.3) is 0 Å². The van der Waals surface area contributed by atoms with Gasteiger partial charge in [0.15, 0.2) is 0 Å². The van der Waals surface area contributed by atoms with E-state index in [1.807, 2.05) is 6.92 Å². The third-order valence-electron chi connectivity index (χ3n) is 6.60. The van der Waals surface area contributed by atoms with Gasteiger partial charge in [-0.1, -0.05) is 0 Å². The van der Waals surface area contributed by atoms with E-state index >= 15 is 0 Å². The van der Waals surface area contributed by atoms with Gasteiger partial charge < -0.3 is 0 Å². The average molecular weight is 487 g/mol. The standard InChI is InChI=1S/C27H51O5P/c1-12-13-14-19(2)33(30,31,23(29)15-16-28)32-24-21(26(6,7)8)17-20(25(3,4)5)18-22(24)27(9,10)11/h17-19,23,28-31H,12-16H2,1-11H3. The van der Waals surface area contributed by atoms with Gasteiger partial charge >= 0.3 is 203 Å². The van der Waals surface area contributed by atoms with Crippen molar-refractivity contribution < 1.29 is 24.5 Å². The fourth-order valence-electron chi connectivity index (χ4n) is 4.01. The second-order valence-corrected chi connectivity index (χ2v) is 16.6. The number of rotatable bonds is 9. The summed E-state index contributed by atoms with van der Waals surface area (Å²) >= 11 is 0. The Balaban J connectivity index is 3.99. The SMILES string of the molecule is CCCCC(C)P(O)(O)(Oc1c(C(C)(C)C)cc(C(C)(C)C)cc1C(C)(C)C)C(O)CCO. The van der Waals surface area contributed by atoms with Crippen LogP contribution in [0.2, 0.25) is 0 Å². The number of hydrogen-bond donors (Lipinski definition) is 4. The van der Waals surface area contributed by atoms with Crippen LogP contribution >= 0.6 is 7.28 Å². The van der Waals surface area contributed by atoms with E-state index in [0.717, 1.165) is 29.5 Å².